The summed E-state index contributed by atoms with van der Waals surface area (Å²) in [6.07, 6.45) is 6.95. The molecule has 0 N–H and O–H groups in total. The third-order valence-electron chi connectivity index (χ3n) is 9.73. The van der Waals surface area contributed by atoms with Crippen molar-refractivity contribution < 1.29 is 4.74 Å². The van der Waals surface area contributed by atoms with Gasteiger partial charge in [0.2, 0.25) is 0 Å². The fourth-order valence-electron chi connectivity index (χ4n) is 7.78. The molecule has 8 aromatic rings. The van der Waals surface area contributed by atoms with Crippen molar-refractivity contribution >= 4 is 59.4 Å². The molecule has 2 unspecified atom stereocenters. The number of rotatable bonds is 2. The monoisotopic (exact) mass is 546 g/mol. The van der Waals surface area contributed by atoms with Crippen molar-refractivity contribution in [2.24, 2.45) is 0 Å². The zero-order valence-electron chi connectivity index (χ0n) is 23.4. The van der Waals surface area contributed by atoms with E-state index >= 15 is 0 Å². The van der Waals surface area contributed by atoms with Crippen molar-refractivity contribution in [3.05, 3.63) is 157 Å². The first-order valence-corrected chi connectivity index (χ1v) is 15.1. The second-order valence-corrected chi connectivity index (χ2v) is 12.0. The number of para-hydroxylation sites is 1. The van der Waals surface area contributed by atoms with Crippen LogP contribution < -0.4 is 4.74 Å². The number of fused-ring (bicyclic) bond motifs is 6. The highest BCUT2D eigenvalue weighted by Gasteiger charge is 2.35. The molecule has 2 atom stereocenters. The molecule has 10 rings (SSSR count). The number of benzene rings is 8. The van der Waals surface area contributed by atoms with Gasteiger partial charge in [0.05, 0.1) is 0 Å². The number of ether oxygens (including phenoxy) is 1. The Bertz CT molecular complexity index is 2480. The maximum absolute atomic E-state index is 6.80. The standard InChI is InChI=1S/C42H26O/c1-2-10-30-28(7-1)23-37(32-12-4-3-11-31(30)32)29-19-22-39-38(24-29)36-14-6-13-35(42(36)43-39)33-20-17-27-16-15-25-8-5-9-26-18-21-34(33)41(27)40(25)26/h1-24,38-39H. The molecule has 0 saturated carbocycles. The molecule has 1 aliphatic carbocycles. The molecule has 2 aliphatic rings. The first kappa shape index (κ1) is 23.2. The van der Waals surface area contributed by atoms with Crippen LogP contribution in [-0.2, 0) is 0 Å². The Balaban J connectivity index is 1.15. The van der Waals surface area contributed by atoms with E-state index in [9.17, 15) is 0 Å². The van der Waals surface area contributed by atoms with Crippen LogP contribution in [-0.4, -0.2) is 6.10 Å². The lowest BCUT2D eigenvalue weighted by Gasteiger charge is -2.20. The summed E-state index contributed by atoms with van der Waals surface area (Å²) in [6, 6.07) is 46.7. The Labute approximate surface area is 249 Å². The quantitative estimate of drug-likeness (QED) is 0.196. The van der Waals surface area contributed by atoms with Crippen LogP contribution in [0.5, 0.6) is 5.75 Å². The number of allylic oxidation sites excluding steroid dienone is 2. The van der Waals surface area contributed by atoms with Crippen LogP contribution in [0.25, 0.3) is 70.6 Å². The summed E-state index contributed by atoms with van der Waals surface area (Å²) in [5, 5.41) is 13.0. The Kier molecular flexibility index (Phi) is 4.62. The van der Waals surface area contributed by atoms with Gasteiger partial charge in [-0.1, -0.05) is 133 Å². The summed E-state index contributed by atoms with van der Waals surface area (Å²) in [4.78, 5) is 0. The summed E-state index contributed by atoms with van der Waals surface area (Å²) in [5.74, 6) is 1.18. The first-order chi connectivity index (χ1) is 21.3. The van der Waals surface area contributed by atoms with Gasteiger partial charge >= 0.3 is 0 Å². The third kappa shape index (κ3) is 3.22. The van der Waals surface area contributed by atoms with Crippen LogP contribution in [0.3, 0.4) is 0 Å². The Morgan fingerprint density at radius 3 is 2.05 bits per heavy atom. The predicted molar refractivity (Wildman–Crippen MR) is 181 cm³/mol. The van der Waals surface area contributed by atoms with Crippen molar-refractivity contribution in [3.63, 3.8) is 0 Å². The zero-order valence-corrected chi connectivity index (χ0v) is 23.4. The smallest absolute Gasteiger partial charge is 0.132 e. The van der Waals surface area contributed by atoms with Gasteiger partial charge in [-0.25, -0.2) is 0 Å². The molecule has 0 bridgehead atoms. The van der Waals surface area contributed by atoms with Crippen LogP contribution in [0.2, 0.25) is 0 Å². The van der Waals surface area contributed by atoms with Gasteiger partial charge in [0.15, 0.2) is 0 Å². The molecule has 0 fully saturated rings. The fraction of sp³-hybridized carbons (Fsp3) is 0.0476. The molecule has 1 heterocycles. The Morgan fingerprint density at radius 2 is 1.16 bits per heavy atom. The minimum absolute atomic E-state index is 0.00796. The van der Waals surface area contributed by atoms with Crippen molar-refractivity contribution in [3.8, 4) is 16.9 Å². The lowest BCUT2D eigenvalue weighted by molar-refractivity contribution is 0.270. The molecule has 0 saturated heterocycles. The predicted octanol–water partition coefficient (Wildman–Crippen LogP) is 11.1. The summed E-state index contributed by atoms with van der Waals surface area (Å²) in [7, 11) is 0. The van der Waals surface area contributed by atoms with Gasteiger partial charge in [-0.05, 0) is 82.7 Å². The molecule has 0 radical (unpaired) electrons. The molecule has 1 heteroatoms. The molecular weight excluding hydrogens is 520 g/mol. The molecule has 8 aromatic carbocycles. The molecule has 0 aromatic heterocycles. The van der Waals surface area contributed by atoms with Gasteiger partial charge in [0, 0.05) is 17.0 Å². The molecule has 0 spiro atoms. The van der Waals surface area contributed by atoms with Gasteiger partial charge in [0.25, 0.3) is 0 Å². The number of hydrogen-bond donors (Lipinski definition) is 0. The highest BCUT2D eigenvalue weighted by Crippen LogP contribution is 2.50. The maximum atomic E-state index is 6.80. The average molecular weight is 547 g/mol. The summed E-state index contributed by atoms with van der Waals surface area (Å²) in [5.41, 5.74) is 6.20. The fourth-order valence-corrected chi connectivity index (χ4v) is 7.78. The van der Waals surface area contributed by atoms with E-state index in [4.69, 9.17) is 4.74 Å². The molecule has 1 aliphatic heterocycles. The molecule has 200 valence electrons. The summed E-state index contributed by atoms with van der Waals surface area (Å²) in [6.45, 7) is 0. The van der Waals surface area contributed by atoms with Crippen LogP contribution in [0.4, 0.5) is 0 Å². The van der Waals surface area contributed by atoms with Gasteiger partial charge in [-0.15, -0.1) is 0 Å². The minimum atomic E-state index is -0.00796. The SMILES string of the molecule is C1=CC2Oc3c(-c4ccc5ccc6cccc7ccc4c5c67)cccc3C2C=C1c1cc2ccccc2c2ccccc12. The minimum Gasteiger partial charge on any atom is -0.484 e. The van der Waals surface area contributed by atoms with E-state index < -0.39 is 0 Å². The van der Waals surface area contributed by atoms with E-state index in [0.29, 0.717) is 0 Å². The topological polar surface area (TPSA) is 9.23 Å². The van der Waals surface area contributed by atoms with E-state index in [0.717, 1.165) is 5.75 Å². The molecular formula is C42H26O. The first-order valence-electron chi connectivity index (χ1n) is 15.1. The normalized spacial score (nSPS) is 17.5. The van der Waals surface area contributed by atoms with E-state index in [1.165, 1.54) is 81.7 Å². The van der Waals surface area contributed by atoms with Crippen LogP contribution in [0.15, 0.2) is 146 Å². The van der Waals surface area contributed by atoms with Crippen LogP contribution in [0.1, 0.15) is 17.0 Å². The third-order valence-corrected chi connectivity index (χ3v) is 9.73. The molecule has 1 nitrogen and oxygen atoms in total. The summed E-state index contributed by atoms with van der Waals surface area (Å²) < 4.78 is 6.80. The van der Waals surface area contributed by atoms with E-state index in [2.05, 4.69) is 146 Å². The molecule has 0 amide bonds. The van der Waals surface area contributed by atoms with Crippen LogP contribution in [0, 0.1) is 0 Å². The Morgan fingerprint density at radius 1 is 0.465 bits per heavy atom. The van der Waals surface area contributed by atoms with Gasteiger partial charge in [-0.2, -0.15) is 0 Å². The van der Waals surface area contributed by atoms with Crippen LogP contribution >= 0.6 is 0 Å². The highest BCUT2D eigenvalue weighted by molar-refractivity contribution is 6.25. The Hall–Kier alpha value is -5.40. The number of hydrogen-bond acceptors (Lipinski definition) is 1. The van der Waals surface area contributed by atoms with E-state index in [-0.39, 0.29) is 12.0 Å². The molecule has 43 heavy (non-hydrogen) atoms. The second-order valence-electron chi connectivity index (χ2n) is 12.0. The highest BCUT2D eigenvalue weighted by atomic mass is 16.5. The lowest BCUT2D eigenvalue weighted by atomic mass is 9.84. The van der Waals surface area contributed by atoms with Gasteiger partial charge in [0.1, 0.15) is 11.9 Å². The second kappa shape index (κ2) is 8.56. The van der Waals surface area contributed by atoms with E-state index in [1.54, 1.807) is 0 Å². The summed E-state index contributed by atoms with van der Waals surface area (Å²) >= 11 is 0. The van der Waals surface area contributed by atoms with Crippen molar-refractivity contribution in [1.82, 2.24) is 0 Å². The average Bonchev–Trinajstić information content (AvgIpc) is 3.45. The lowest BCUT2D eigenvalue weighted by Crippen LogP contribution is -2.17. The van der Waals surface area contributed by atoms with E-state index in [1.807, 2.05) is 0 Å². The maximum Gasteiger partial charge on any atom is 0.132 e. The van der Waals surface area contributed by atoms with Gasteiger partial charge < -0.3 is 4.74 Å². The largest absolute Gasteiger partial charge is 0.484 e. The zero-order chi connectivity index (χ0) is 28.1. The van der Waals surface area contributed by atoms with Crippen molar-refractivity contribution in [2.75, 3.05) is 0 Å². The van der Waals surface area contributed by atoms with Crippen molar-refractivity contribution in [1.29, 1.82) is 0 Å². The van der Waals surface area contributed by atoms with Gasteiger partial charge in [-0.3, -0.25) is 0 Å². The van der Waals surface area contributed by atoms with Crippen molar-refractivity contribution in [2.45, 2.75) is 12.0 Å².